The number of cyclic esters (lactones) is 1. The highest BCUT2D eigenvalue weighted by Gasteiger charge is 2.53. The van der Waals surface area contributed by atoms with Crippen LogP contribution in [0, 0.1) is 24.7 Å². The van der Waals surface area contributed by atoms with E-state index in [1.165, 1.54) is 19.6 Å². The molecule has 0 saturated carbocycles. The van der Waals surface area contributed by atoms with Crippen LogP contribution in [0.4, 0.5) is 0 Å². The normalized spacial score (nSPS) is 38.0. The standard InChI is InChI=1S/C56H90N6O13/c1-15-44-56(11,69)49(65)38(7)59(12)29-34(3)27-54(9,68)51(36(5)48(37(6)52(67)73-44)74-46-28-55(10,70-14)50(66)39(8)72-46)75-53-47(64)43(26-35(4)71-53)60(13)31-41-32-61(58-57-41)25-17-16-18-40-20-22-42(23-21-40)62-30-33(2)19-24-45(62)63/h19-24,30,32,34-39,43-44,46-51,53,64-66,68-69H,15-18,25-29,31H2,1-14H3/t34-,35-,36+,37-,38-,39+,43+,44-,46+,47-,48+,49-,50+,51-,53+,54-,55-,56-/m1/s1. The van der Waals surface area contributed by atoms with Gasteiger partial charge in [-0.2, -0.15) is 0 Å². The SMILES string of the molecule is CC[C@H]1OC(=O)[C@H](C)[C@@H](O[C@H]2C[C@@](C)(OC)[C@@H](O)[C@H](C)O2)[C@H](C)[C@@H](O[C@@H]2O[C@H](C)C[C@H](N(C)Cc3cn(CCCCc4ccc(-n5cc(C)ccc5=O)cc4)nn3)[C@H]2O)[C@](C)(O)C[C@@H](C)CN(C)[C@H](C)[C@@H](O)[C@]1(C)O. The Balaban J connectivity index is 1.20. The Morgan fingerprint density at radius 3 is 2.25 bits per heavy atom. The molecular formula is C56H90N6O13. The van der Waals surface area contributed by atoms with Crippen molar-refractivity contribution >= 4 is 5.97 Å². The van der Waals surface area contributed by atoms with E-state index in [9.17, 15) is 35.1 Å². The van der Waals surface area contributed by atoms with Gasteiger partial charge in [-0.3, -0.25) is 23.7 Å². The summed E-state index contributed by atoms with van der Waals surface area (Å²) in [5.41, 5.74) is -0.847. The van der Waals surface area contributed by atoms with Crippen LogP contribution in [-0.4, -0.2) is 179 Å². The molecule has 6 rings (SSSR count). The average molecular weight is 1060 g/mol. The highest BCUT2D eigenvalue weighted by atomic mass is 16.7. The van der Waals surface area contributed by atoms with Crippen LogP contribution in [0.3, 0.4) is 0 Å². The minimum Gasteiger partial charge on any atom is -0.459 e. The van der Waals surface area contributed by atoms with Gasteiger partial charge in [0.25, 0.3) is 5.56 Å². The number of methoxy groups -OCH3 is 1. The Labute approximate surface area is 444 Å². The highest BCUT2D eigenvalue weighted by molar-refractivity contribution is 5.73. The van der Waals surface area contributed by atoms with Crippen LogP contribution in [-0.2, 0) is 52.7 Å². The van der Waals surface area contributed by atoms with Gasteiger partial charge >= 0.3 is 5.97 Å². The number of rotatable bonds is 15. The molecule has 5 heterocycles. The molecule has 18 atom stereocenters. The Hall–Kier alpha value is -3.70. The summed E-state index contributed by atoms with van der Waals surface area (Å²) in [4.78, 5) is 30.8. The number of carbonyl (C=O) groups is 1. The van der Waals surface area contributed by atoms with Gasteiger partial charge in [-0.15, -0.1) is 5.10 Å². The number of carbonyl (C=O) groups excluding carboxylic acids is 1. The summed E-state index contributed by atoms with van der Waals surface area (Å²) in [6, 6.07) is 10.4. The van der Waals surface area contributed by atoms with Crippen LogP contribution in [0.25, 0.3) is 5.69 Å². The summed E-state index contributed by atoms with van der Waals surface area (Å²) in [6.07, 6.45) is -2.71. The second-order valence-electron chi connectivity index (χ2n) is 23.1. The van der Waals surface area contributed by atoms with Crippen LogP contribution in [0.5, 0.6) is 0 Å². The molecule has 19 nitrogen and oxygen atoms in total. The van der Waals surface area contributed by atoms with Crippen LogP contribution in [0.2, 0.25) is 0 Å². The molecule has 3 aliphatic rings. The molecule has 422 valence electrons. The number of ether oxygens (including phenoxy) is 6. The zero-order chi connectivity index (χ0) is 55.3. The maximum Gasteiger partial charge on any atom is 0.311 e. The number of unbranched alkanes of at least 4 members (excludes halogenated alkanes) is 1. The maximum absolute atomic E-state index is 14.5. The van der Waals surface area contributed by atoms with Crippen molar-refractivity contribution in [2.45, 2.75) is 224 Å². The first-order valence-corrected chi connectivity index (χ1v) is 27.1. The van der Waals surface area contributed by atoms with E-state index in [-0.39, 0.29) is 36.8 Å². The van der Waals surface area contributed by atoms with Crippen molar-refractivity contribution in [3.8, 4) is 5.69 Å². The monoisotopic (exact) mass is 1050 g/mol. The average Bonchev–Trinajstić information content (AvgIpc) is 3.81. The molecule has 3 aliphatic heterocycles. The summed E-state index contributed by atoms with van der Waals surface area (Å²) in [7, 11) is 5.26. The second-order valence-corrected chi connectivity index (χ2v) is 23.1. The molecule has 0 aliphatic carbocycles. The van der Waals surface area contributed by atoms with Gasteiger partial charge in [0.1, 0.15) is 30.0 Å². The highest BCUT2D eigenvalue weighted by Crippen LogP contribution is 2.40. The Morgan fingerprint density at radius 1 is 0.893 bits per heavy atom. The first kappa shape index (κ1) is 60.5. The lowest BCUT2D eigenvalue weighted by molar-refractivity contribution is -0.318. The predicted molar refractivity (Wildman–Crippen MR) is 282 cm³/mol. The number of nitrogens with zero attached hydrogens (tertiary/aromatic N) is 6. The number of aliphatic hydroxyl groups is 5. The van der Waals surface area contributed by atoms with Crippen LogP contribution < -0.4 is 5.56 Å². The fraction of sp³-hybridized carbons (Fsp3) is 0.750. The minimum absolute atomic E-state index is 0.0652. The zero-order valence-corrected chi connectivity index (χ0v) is 47.0. The van der Waals surface area contributed by atoms with Gasteiger partial charge in [-0.1, -0.05) is 44.2 Å². The number of esters is 1. The molecule has 0 radical (unpaired) electrons. The first-order valence-electron chi connectivity index (χ1n) is 27.1. The number of aliphatic hydroxyl groups excluding tert-OH is 3. The lowest BCUT2D eigenvalue weighted by Gasteiger charge is -2.49. The first-order chi connectivity index (χ1) is 35.2. The molecule has 3 fully saturated rings. The van der Waals surface area contributed by atoms with Crippen LogP contribution >= 0.6 is 0 Å². The third-order valence-electron chi connectivity index (χ3n) is 16.5. The topological polar surface area (TPSA) is 233 Å². The fourth-order valence-electron chi connectivity index (χ4n) is 11.8. The number of hydrogen-bond donors (Lipinski definition) is 5. The Kier molecular flexibility index (Phi) is 20.5. The van der Waals surface area contributed by atoms with Crippen molar-refractivity contribution in [3.05, 3.63) is 76.0 Å². The lowest BCUT2D eigenvalue weighted by Crippen LogP contribution is -2.60. The van der Waals surface area contributed by atoms with Gasteiger partial charge in [0, 0.05) is 75.3 Å². The third-order valence-corrected chi connectivity index (χ3v) is 16.5. The van der Waals surface area contributed by atoms with Crippen molar-refractivity contribution < 1.29 is 58.7 Å². The van der Waals surface area contributed by atoms with Gasteiger partial charge < -0.3 is 58.9 Å². The molecule has 3 saturated heterocycles. The van der Waals surface area contributed by atoms with Crippen molar-refractivity contribution in [1.29, 1.82) is 0 Å². The van der Waals surface area contributed by atoms with Crippen molar-refractivity contribution in [3.63, 3.8) is 0 Å². The summed E-state index contributed by atoms with van der Waals surface area (Å²) >= 11 is 0. The van der Waals surface area contributed by atoms with E-state index in [4.69, 9.17) is 28.4 Å². The molecule has 75 heavy (non-hydrogen) atoms. The van der Waals surface area contributed by atoms with Crippen molar-refractivity contribution in [2.75, 3.05) is 27.7 Å². The molecule has 0 spiro atoms. The van der Waals surface area contributed by atoms with E-state index in [2.05, 4.69) is 22.4 Å². The van der Waals surface area contributed by atoms with Gasteiger partial charge in [-0.25, -0.2) is 0 Å². The zero-order valence-electron chi connectivity index (χ0n) is 47.0. The quantitative estimate of drug-likeness (QED) is 0.104. The molecule has 19 heteroatoms. The molecule has 5 N–H and O–H groups in total. The van der Waals surface area contributed by atoms with Crippen LogP contribution in [0.15, 0.2) is 53.6 Å². The molecule has 1 aromatic carbocycles. The minimum atomic E-state index is -1.84. The van der Waals surface area contributed by atoms with Crippen molar-refractivity contribution in [2.24, 2.45) is 17.8 Å². The fourth-order valence-corrected chi connectivity index (χ4v) is 11.8. The maximum atomic E-state index is 14.5. The van der Waals surface area contributed by atoms with Gasteiger partial charge in [0.05, 0.1) is 47.2 Å². The number of hydrogen-bond acceptors (Lipinski definition) is 17. The van der Waals surface area contributed by atoms with E-state index in [0.29, 0.717) is 26.1 Å². The summed E-state index contributed by atoms with van der Waals surface area (Å²) in [5.74, 6) is -2.80. The second kappa shape index (κ2) is 25.4. The van der Waals surface area contributed by atoms with Gasteiger partial charge in [0.15, 0.2) is 12.6 Å². The molecule has 2 aromatic heterocycles. The largest absolute Gasteiger partial charge is 0.459 e. The van der Waals surface area contributed by atoms with Crippen LogP contribution in [0.1, 0.15) is 125 Å². The van der Waals surface area contributed by atoms with E-state index in [1.54, 1.807) is 52.2 Å². The lowest BCUT2D eigenvalue weighted by atomic mass is 9.77. The van der Waals surface area contributed by atoms with Gasteiger partial charge in [0.2, 0.25) is 0 Å². The molecular weight excluding hydrogens is 965 g/mol. The summed E-state index contributed by atoms with van der Waals surface area (Å²) in [5, 5.41) is 68.7. The van der Waals surface area contributed by atoms with Gasteiger partial charge in [-0.05, 0) is 137 Å². The van der Waals surface area contributed by atoms with E-state index in [0.717, 1.165) is 36.2 Å². The molecule has 0 unspecified atom stereocenters. The summed E-state index contributed by atoms with van der Waals surface area (Å²) < 4.78 is 41.9. The molecule has 0 amide bonds. The molecule has 0 bridgehead atoms. The Bertz CT molecular complexity index is 2350. The number of likely N-dealkylation sites (N-methyl/N-ethyl adjacent to an activating group) is 2. The number of benzene rings is 1. The number of pyridine rings is 1. The third kappa shape index (κ3) is 14.5. The number of aromatic nitrogens is 4. The predicted octanol–water partition coefficient (Wildman–Crippen LogP) is 4.54. The number of aryl methyl sites for hydroxylation is 3. The summed E-state index contributed by atoms with van der Waals surface area (Å²) in [6.45, 7) is 21.0. The van der Waals surface area contributed by atoms with Crippen molar-refractivity contribution in [1.82, 2.24) is 29.4 Å². The van der Waals surface area contributed by atoms with E-state index < -0.39 is 102 Å². The van der Waals surface area contributed by atoms with E-state index >= 15 is 0 Å². The molecule has 3 aromatic rings. The smallest absolute Gasteiger partial charge is 0.311 e. The Morgan fingerprint density at radius 2 is 1.59 bits per heavy atom. The van der Waals surface area contributed by atoms with E-state index in [1.807, 2.05) is 86.9 Å².